The van der Waals surface area contributed by atoms with Gasteiger partial charge in [-0.15, -0.1) is 0 Å². The lowest BCUT2D eigenvalue weighted by atomic mass is 10.1. The molecule has 1 fully saturated rings. The first kappa shape index (κ1) is 16.2. The smallest absolute Gasteiger partial charge is 0.303 e. The minimum atomic E-state index is -0.801. The molecular formula is C20H21NO3. The summed E-state index contributed by atoms with van der Waals surface area (Å²) in [7, 11) is 0. The van der Waals surface area contributed by atoms with Gasteiger partial charge >= 0.3 is 5.97 Å². The van der Waals surface area contributed by atoms with Gasteiger partial charge in [0.2, 0.25) is 5.91 Å². The molecule has 3 rings (SSSR count). The second-order valence-electron chi connectivity index (χ2n) is 6.36. The fourth-order valence-electron chi connectivity index (χ4n) is 3.04. The number of carbonyl (C=O) groups excluding carboxylic acids is 1. The Labute approximate surface area is 141 Å². The third-order valence-electron chi connectivity index (χ3n) is 4.46. The maximum atomic E-state index is 12.2. The first-order valence-corrected chi connectivity index (χ1v) is 8.27. The van der Waals surface area contributed by atoms with Crippen molar-refractivity contribution in [2.45, 2.75) is 31.6 Å². The van der Waals surface area contributed by atoms with Crippen molar-refractivity contribution in [3.63, 3.8) is 0 Å². The Morgan fingerprint density at radius 2 is 1.75 bits per heavy atom. The summed E-state index contributed by atoms with van der Waals surface area (Å²) in [6, 6.07) is 17.7. The average Bonchev–Trinajstić information content (AvgIpc) is 3.34. The molecule has 24 heavy (non-hydrogen) atoms. The first-order valence-electron chi connectivity index (χ1n) is 8.27. The number of rotatable bonds is 7. The van der Waals surface area contributed by atoms with Crippen molar-refractivity contribution in [2.75, 3.05) is 5.32 Å². The van der Waals surface area contributed by atoms with Gasteiger partial charge in [-0.1, -0.05) is 42.5 Å². The normalized spacial score (nSPS) is 18.8. The minimum absolute atomic E-state index is 0.0386. The molecule has 0 radical (unpaired) electrons. The van der Waals surface area contributed by atoms with Crippen LogP contribution in [0.1, 0.15) is 36.3 Å². The van der Waals surface area contributed by atoms with Crippen molar-refractivity contribution in [3.05, 3.63) is 65.7 Å². The molecule has 0 bridgehead atoms. The zero-order valence-electron chi connectivity index (χ0n) is 13.4. The Bertz CT molecular complexity index is 709. The van der Waals surface area contributed by atoms with Crippen LogP contribution >= 0.6 is 0 Å². The van der Waals surface area contributed by atoms with Crippen LogP contribution in [-0.4, -0.2) is 17.0 Å². The van der Waals surface area contributed by atoms with Crippen molar-refractivity contribution in [2.24, 2.45) is 5.92 Å². The lowest BCUT2D eigenvalue weighted by Gasteiger charge is -2.06. The van der Waals surface area contributed by atoms with E-state index in [0.717, 1.165) is 17.7 Å². The Balaban J connectivity index is 1.46. The quantitative estimate of drug-likeness (QED) is 0.813. The number of nitrogens with one attached hydrogen (secondary N) is 1. The highest BCUT2D eigenvalue weighted by Crippen LogP contribution is 2.49. The third kappa shape index (κ3) is 4.44. The SMILES string of the molecule is O=C(O)CCc1ccc(NC(=O)C[C@@H]2C[C@H]2c2ccccc2)cc1. The summed E-state index contributed by atoms with van der Waals surface area (Å²) in [4.78, 5) is 22.7. The van der Waals surface area contributed by atoms with Gasteiger partial charge in [-0.2, -0.15) is 0 Å². The Kier molecular flexibility index (Phi) is 4.94. The lowest BCUT2D eigenvalue weighted by Crippen LogP contribution is -2.12. The van der Waals surface area contributed by atoms with E-state index in [1.807, 2.05) is 42.5 Å². The topological polar surface area (TPSA) is 66.4 Å². The van der Waals surface area contributed by atoms with Crippen molar-refractivity contribution < 1.29 is 14.7 Å². The molecule has 4 heteroatoms. The van der Waals surface area contributed by atoms with Crippen LogP contribution in [0.15, 0.2) is 54.6 Å². The number of amides is 1. The molecule has 0 unspecified atom stereocenters. The fourth-order valence-corrected chi connectivity index (χ4v) is 3.04. The molecule has 2 atom stereocenters. The number of hydrogen-bond donors (Lipinski definition) is 2. The van der Waals surface area contributed by atoms with Crippen molar-refractivity contribution >= 4 is 17.6 Å². The Hall–Kier alpha value is -2.62. The summed E-state index contributed by atoms with van der Waals surface area (Å²) in [5.74, 6) is 0.180. The van der Waals surface area contributed by atoms with Crippen LogP contribution < -0.4 is 5.32 Å². The molecule has 1 aliphatic rings. The van der Waals surface area contributed by atoms with E-state index in [2.05, 4.69) is 17.4 Å². The molecule has 0 heterocycles. The maximum Gasteiger partial charge on any atom is 0.303 e. The molecule has 2 N–H and O–H groups in total. The molecule has 2 aromatic rings. The molecular weight excluding hydrogens is 302 g/mol. The van der Waals surface area contributed by atoms with Gasteiger partial charge in [-0.25, -0.2) is 0 Å². The Morgan fingerprint density at radius 3 is 2.42 bits per heavy atom. The van der Waals surface area contributed by atoms with Gasteiger partial charge in [0.05, 0.1) is 0 Å². The van der Waals surface area contributed by atoms with Crippen LogP contribution in [0.4, 0.5) is 5.69 Å². The molecule has 0 aromatic heterocycles. The second-order valence-corrected chi connectivity index (χ2v) is 6.36. The molecule has 2 aromatic carbocycles. The van der Waals surface area contributed by atoms with Gasteiger partial charge in [0.15, 0.2) is 0 Å². The minimum Gasteiger partial charge on any atom is -0.481 e. The van der Waals surface area contributed by atoms with Gasteiger partial charge in [0.1, 0.15) is 0 Å². The second kappa shape index (κ2) is 7.30. The molecule has 1 saturated carbocycles. The van der Waals surface area contributed by atoms with Gasteiger partial charge in [0.25, 0.3) is 0 Å². The monoisotopic (exact) mass is 323 g/mol. The molecule has 124 valence electrons. The number of carbonyl (C=O) groups is 2. The van der Waals surface area contributed by atoms with Crippen LogP contribution in [0.5, 0.6) is 0 Å². The molecule has 0 spiro atoms. The fraction of sp³-hybridized carbons (Fsp3) is 0.300. The zero-order valence-corrected chi connectivity index (χ0v) is 13.4. The van der Waals surface area contributed by atoms with Crippen LogP contribution in [0.2, 0.25) is 0 Å². The number of aliphatic carboxylic acids is 1. The molecule has 0 aliphatic heterocycles. The molecule has 0 saturated heterocycles. The molecule has 1 amide bonds. The summed E-state index contributed by atoms with van der Waals surface area (Å²) < 4.78 is 0. The van der Waals surface area contributed by atoms with Gasteiger partial charge in [0, 0.05) is 18.5 Å². The highest BCUT2D eigenvalue weighted by atomic mass is 16.4. The highest BCUT2D eigenvalue weighted by Gasteiger charge is 2.39. The summed E-state index contributed by atoms with van der Waals surface area (Å²) in [5.41, 5.74) is 3.04. The van der Waals surface area contributed by atoms with E-state index in [0.29, 0.717) is 24.7 Å². The zero-order chi connectivity index (χ0) is 16.9. The van der Waals surface area contributed by atoms with E-state index in [1.54, 1.807) is 0 Å². The van der Waals surface area contributed by atoms with E-state index >= 15 is 0 Å². The average molecular weight is 323 g/mol. The predicted octanol–water partition coefficient (Wildman–Crippen LogP) is 3.84. The number of hydrogen-bond acceptors (Lipinski definition) is 2. The first-order chi connectivity index (χ1) is 11.6. The summed E-state index contributed by atoms with van der Waals surface area (Å²) >= 11 is 0. The highest BCUT2D eigenvalue weighted by molar-refractivity contribution is 5.91. The molecule has 1 aliphatic carbocycles. The van der Waals surface area contributed by atoms with E-state index < -0.39 is 5.97 Å². The van der Waals surface area contributed by atoms with E-state index in [1.165, 1.54) is 5.56 Å². The largest absolute Gasteiger partial charge is 0.481 e. The number of aryl methyl sites for hydroxylation is 1. The van der Waals surface area contributed by atoms with E-state index in [9.17, 15) is 9.59 Å². The maximum absolute atomic E-state index is 12.2. The van der Waals surface area contributed by atoms with E-state index in [-0.39, 0.29) is 12.3 Å². The van der Waals surface area contributed by atoms with Crippen LogP contribution in [-0.2, 0) is 16.0 Å². The number of benzene rings is 2. The third-order valence-corrected chi connectivity index (χ3v) is 4.46. The summed E-state index contributed by atoms with van der Waals surface area (Å²) in [6.45, 7) is 0. The van der Waals surface area contributed by atoms with Crippen LogP contribution in [0.3, 0.4) is 0 Å². The van der Waals surface area contributed by atoms with Crippen molar-refractivity contribution in [1.82, 2.24) is 0 Å². The molecule has 4 nitrogen and oxygen atoms in total. The van der Waals surface area contributed by atoms with Crippen molar-refractivity contribution in [1.29, 1.82) is 0 Å². The summed E-state index contributed by atoms with van der Waals surface area (Å²) in [6.07, 6.45) is 2.24. The number of carboxylic acid groups (broad SMARTS) is 1. The van der Waals surface area contributed by atoms with Gasteiger partial charge < -0.3 is 10.4 Å². The Morgan fingerprint density at radius 1 is 1.04 bits per heavy atom. The summed E-state index contributed by atoms with van der Waals surface area (Å²) in [5, 5.41) is 11.6. The predicted molar refractivity (Wildman–Crippen MR) is 92.9 cm³/mol. The van der Waals surface area contributed by atoms with E-state index in [4.69, 9.17) is 5.11 Å². The number of anilines is 1. The van der Waals surface area contributed by atoms with Crippen LogP contribution in [0.25, 0.3) is 0 Å². The standard InChI is InChI=1S/C20H21NO3/c22-19(13-16-12-18(16)15-4-2-1-3-5-15)21-17-9-6-14(7-10-17)8-11-20(23)24/h1-7,9-10,16,18H,8,11-13H2,(H,21,22)(H,23,24)/t16-,18-/m0/s1. The lowest BCUT2D eigenvalue weighted by molar-refractivity contribution is -0.137. The van der Waals surface area contributed by atoms with Gasteiger partial charge in [-0.05, 0) is 47.9 Å². The van der Waals surface area contributed by atoms with Gasteiger partial charge in [-0.3, -0.25) is 9.59 Å². The van der Waals surface area contributed by atoms with Crippen LogP contribution in [0, 0.1) is 5.92 Å². The van der Waals surface area contributed by atoms with Crippen molar-refractivity contribution in [3.8, 4) is 0 Å². The number of carboxylic acids is 1.